The molecule has 6 heteroatoms. The van der Waals surface area contributed by atoms with Crippen molar-refractivity contribution in [2.45, 2.75) is 32.2 Å². The van der Waals surface area contributed by atoms with Crippen molar-refractivity contribution in [1.82, 2.24) is 20.7 Å². The maximum absolute atomic E-state index is 12.5. The number of carbonyl (C=O) groups excluding carboxylic acids is 1. The summed E-state index contributed by atoms with van der Waals surface area (Å²) in [4.78, 5) is 12.5. The highest BCUT2D eigenvalue weighted by atomic mass is 16.1. The van der Waals surface area contributed by atoms with Crippen LogP contribution in [-0.4, -0.2) is 28.4 Å². The van der Waals surface area contributed by atoms with Crippen LogP contribution >= 0.6 is 0 Å². The molecule has 0 radical (unpaired) electrons. The molecule has 2 aromatic rings. The topological polar surface area (TPSA) is 82.7 Å². The highest BCUT2D eigenvalue weighted by Crippen LogP contribution is 2.29. The van der Waals surface area contributed by atoms with Gasteiger partial charge in [0.25, 0.3) is 0 Å². The van der Waals surface area contributed by atoms with Gasteiger partial charge >= 0.3 is 0 Å². The molecular weight excluding hydrogens is 278 g/mol. The number of rotatable bonds is 4. The Kier molecular flexibility index (Phi) is 4.37. The van der Waals surface area contributed by atoms with Crippen LogP contribution in [0, 0.1) is 5.92 Å². The predicted molar refractivity (Wildman–Crippen MR) is 84.4 cm³/mol. The Morgan fingerprint density at radius 1 is 1.41 bits per heavy atom. The minimum atomic E-state index is 0.00884. The lowest BCUT2D eigenvalue weighted by Crippen LogP contribution is -2.32. The van der Waals surface area contributed by atoms with Crippen LogP contribution in [-0.2, 0) is 24.2 Å². The standard InChI is InChI=1S/C16H21N5O/c1-17-15-11-4-2-6-12(15)8-13(7-3-5-11)16(22)18-9-14-10-19-21-20-14/h2,4,6,10,13,17H,3,5,7-9H2,1H3,(H,18,22)(H,19,20,21). The zero-order valence-corrected chi connectivity index (χ0v) is 12.7. The number of amides is 1. The van der Waals surface area contributed by atoms with Gasteiger partial charge in [-0.1, -0.05) is 18.2 Å². The molecule has 6 nitrogen and oxygen atoms in total. The number of H-pyrrole nitrogens is 1. The first-order valence-corrected chi connectivity index (χ1v) is 7.69. The fraction of sp³-hybridized carbons (Fsp3) is 0.438. The van der Waals surface area contributed by atoms with Crippen molar-refractivity contribution in [2.24, 2.45) is 5.92 Å². The van der Waals surface area contributed by atoms with Gasteiger partial charge in [0.2, 0.25) is 5.91 Å². The molecule has 1 aromatic heterocycles. The number of hydrogen-bond donors (Lipinski definition) is 3. The van der Waals surface area contributed by atoms with Gasteiger partial charge in [0, 0.05) is 18.7 Å². The number of aryl methyl sites for hydroxylation is 1. The molecule has 2 bridgehead atoms. The quantitative estimate of drug-likeness (QED) is 0.802. The molecule has 1 atom stereocenters. The lowest BCUT2D eigenvalue weighted by molar-refractivity contribution is -0.125. The van der Waals surface area contributed by atoms with E-state index in [0.717, 1.165) is 31.4 Å². The number of para-hydroxylation sites is 1. The minimum Gasteiger partial charge on any atom is -0.388 e. The number of fused-ring (bicyclic) bond motifs is 2. The molecule has 1 heterocycles. The molecule has 0 aliphatic heterocycles. The number of carbonyl (C=O) groups is 1. The third-order valence-corrected chi connectivity index (χ3v) is 4.23. The van der Waals surface area contributed by atoms with Crippen molar-refractivity contribution >= 4 is 11.6 Å². The number of aromatic nitrogens is 3. The van der Waals surface area contributed by atoms with Crippen molar-refractivity contribution in [3.63, 3.8) is 0 Å². The van der Waals surface area contributed by atoms with Crippen LogP contribution < -0.4 is 10.6 Å². The Bertz CT molecular complexity index is 638. The summed E-state index contributed by atoms with van der Waals surface area (Å²) in [5.41, 5.74) is 4.51. The summed E-state index contributed by atoms with van der Waals surface area (Å²) in [7, 11) is 1.95. The van der Waals surface area contributed by atoms with Crippen molar-refractivity contribution < 1.29 is 4.79 Å². The first kappa shape index (κ1) is 14.6. The van der Waals surface area contributed by atoms with Crippen LogP contribution in [0.2, 0.25) is 0 Å². The van der Waals surface area contributed by atoms with E-state index >= 15 is 0 Å². The van der Waals surface area contributed by atoms with E-state index in [1.54, 1.807) is 6.20 Å². The van der Waals surface area contributed by atoms with E-state index in [4.69, 9.17) is 0 Å². The summed E-state index contributed by atoms with van der Waals surface area (Å²) in [6.45, 7) is 0.421. The van der Waals surface area contributed by atoms with Gasteiger partial charge in [-0.3, -0.25) is 4.79 Å². The Morgan fingerprint density at radius 3 is 3.05 bits per heavy atom. The van der Waals surface area contributed by atoms with Gasteiger partial charge in [0.05, 0.1) is 12.7 Å². The largest absolute Gasteiger partial charge is 0.388 e. The van der Waals surface area contributed by atoms with Crippen LogP contribution in [0.3, 0.4) is 0 Å². The molecule has 1 aliphatic carbocycles. The SMILES string of the molecule is CNc1c2cccc1CC(C(=O)NCc1cn[nH]n1)CCC2. The lowest BCUT2D eigenvalue weighted by atomic mass is 9.86. The number of nitrogens with zero attached hydrogens (tertiary/aromatic N) is 2. The number of aromatic amines is 1. The summed E-state index contributed by atoms with van der Waals surface area (Å²) in [5.74, 6) is 0.104. The van der Waals surface area contributed by atoms with E-state index in [1.165, 1.54) is 16.8 Å². The second kappa shape index (κ2) is 6.60. The van der Waals surface area contributed by atoms with Gasteiger partial charge in [-0.2, -0.15) is 15.4 Å². The van der Waals surface area contributed by atoms with E-state index in [-0.39, 0.29) is 11.8 Å². The third-order valence-electron chi connectivity index (χ3n) is 4.23. The van der Waals surface area contributed by atoms with Crippen LogP contribution in [0.25, 0.3) is 0 Å². The second-order valence-corrected chi connectivity index (χ2v) is 5.67. The number of anilines is 1. The molecule has 1 aromatic carbocycles. The summed E-state index contributed by atoms with van der Waals surface area (Å²) >= 11 is 0. The molecule has 1 unspecified atom stereocenters. The van der Waals surface area contributed by atoms with E-state index in [1.807, 2.05) is 7.05 Å². The zero-order valence-electron chi connectivity index (χ0n) is 12.7. The summed E-state index contributed by atoms with van der Waals surface area (Å²) in [6, 6.07) is 6.36. The third kappa shape index (κ3) is 3.10. The van der Waals surface area contributed by atoms with Gasteiger partial charge < -0.3 is 10.6 Å². The van der Waals surface area contributed by atoms with Crippen molar-refractivity contribution in [3.8, 4) is 0 Å². The second-order valence-electron chi connectivity index (χ2n) is 5.67. The van der Waals surface area contributed by atoms with Crippen LogP contribution in [0.15, 0.2) is 24.4 Å². The van der Waals surface area contributed by atoms with Crippen molar-refractivity contribution in [2.75, 3.05) is 12.4 Å². The number of benzene rings is 1. The molecular formula is C16H21N5O. The molecule has 0 saturated carbocycles. The fourth-order valence-electron chi connectivity index (χ4n) is 3.12. The molecule has 116 valence electrons. The molecule has 0 fully saturated rings. The minimum absolute atomic E-state index is 0.00884. The van der Waals surface area contributed by atoms with Crippen LogP contribution in [0.4, 0.5) is 5.69 Å². The summed E-state index contributed by atoms with van der Waals surface area (Å²) in [6.07, 6.45) is 5.35. The van der Waals surface area contributed by atoms with Gasteiger partial charge in [-0.25, -0.2) is 0 Å². The highest BCUT2D eigenvalue weighted by Gasteiger charge is 2.23. The fourth-order valence-corrected chi connectivity index (χ4v) is 3.12. The average molecular weight is 299 g/mol. The predicted octanol–water partition coefficient (Wildman–Crippen LogP) is 1.66. The Morgan fingerprint density at radius 2 is 2.27 bits per heavy atom. The van der Waals surface area contributed by atoms with E-state index in [9.17, 15) is 4.79 Å². The molecule has 0 saturated heterocycles. The molecule has 3 rings (SSSR count). The Labute approximate surface area is 129 Å². The van der Waals surface area contributed by atoms with E-state index < -0.39 is 0 Å². The van der Waals surface area contributed by atoms with Gasteiger partial charge in [0.1, 0.15) is 5.69 Å². The molecule has 0 spiro atoms. The summed E-state index contributed by atoms with van der Waals surface area (Å²) in [5, 5.41) is 16.5. The van der Waals surface area contributed by atoms with E-state index in [0.29, 0.717) is 6.54 Å². The maximum atomic E-state index is 12.5. The molecule has 3 N–H and O–H groups in total. The summed E-state index contributed by atoms with van der Waals surface area (Å²) < 4.78 is 0. The normalized spacial score (nSPS) is 17.4. The van der Waals surface area contributed by atoms with E-state index in [2.05, 4.69) is 44.2 Å². The first-order chi connectivity index (χ1) is 10.8. The Balaban J connectivity index is 1.70. The number of hydrogen-bond acceptors (Lipinski definition) is 4. The zero-order chi connectivity index (χ0) is 15.4. The van der Waals surface area contributed by atoms with Crippen molar-refractivity contribution in [1.29, 1.82) is 0 Å². The Hall–Kier alpha value is -2.37. The lowest BCUT2D eigenvalue weighted by Gasteiger charge is -2.23. The van der Waals surface area contributed by atoms with Crippen molar-refractivity contribution in [3.05, 3.63) is 41.2 Å². The van der Waals surface area contributed by atoms with Gasteiger partial charge in [0.15, 0.2) is 0 Å². The van der Waals surface area contributed by atoms with Gasteiger partial charge in [-0.05, 0) is 36.8 Å². The van der Waals surface area contributed by atoms with Gasteiger partial charge in [-0.15, -0.1) is 0 Å². The molecule has 1 amide bonds. The first-order valence-electron chi connectivity index (χ1n) is 7.69. The molecule has 1 aliphatic rings. The van der Waals surface area contributed by atoms with Crippen LogP contribution in [0.5, 0.6) is 0 Å². The molecule has 22 heavy (non-hydrogen) atoms. The monoisotopic (exact) mass is 299 g/mol. The number of nitrogens with one attached hydrogen (secondary N) is 3. The smallest absolute Gasteiger partial charge is 0.223 e. The average Bonchev–Trinajstić information content (AvgIpc) is 3.04. The highest BCUT2D eigenvalue weighted by molar-refractivity contribution is 5.79. The maximum Gasteiger partial charge on any atom is 0.223 e. The van der Waals surface area contributed by atoms with Crippen LogP contribution in [0.1, 0.15) is 29.7 Å².